The van der Waals surface area contributed by atoms with Crippen LogP contribution in [0, 0.1) is 23.7 Å². The van der Waals surface area contributed by atoms with Crippen molar-refractivity contribution in [3.8, 4) is 0 Å². The van der Waals surface area contributed by atoms with Crippen LogP contribution in [-0.2, 0) is 4.79 Å². The van der Waals surface area contributed by atoms with E-state index in [1.54, 1.807) is 0 Å². The third-order valence-corrected chi connectivity index (χ3v) is 4.60. The molecule has 0 heterocycles. The Kier molecular flexibility index (Phi) is 2.00. The standard InChI is InChI=1S/C13H18O/c14-13-11-7-8-12(13)10-6-4-2-1-3-5-9(10)11/h1-2,9-12H,3-8H2/b2-1-. The molecule has 0 aromatic heterocycles. The Morgan fingerprint density at radius 3 is 1.86 bits per heavy atom. The molecule has 2 bridgehead atoms. The zero-order valence-electron chi connectivity index (χ0n) is 8.61. The van der Waals surface area contributed by atoms with Crippen LogP contribution in [0.2, 0.25) is 0 Å². The minimum Gasteiger partial charge on any atom is -0.299 e. The Morgan fingerprint density at radius 1 is 0.857 bits per heavy atom. The topological polar surface area (TPSA) is 17.1 Å². The van der Waals surface area contributed by atoms with E-state index in [4.69, 9.17) is 0 Å². The van der Waals surface area contributed by atoms with Crippen molar-refractivity contribution in [3.63, 3.8) is 0 Å². The summed E-state index contributed by atoms with van der Waals surface area (Å²) in [6.45, 7) is 0. The molecular formula is C13H18O. The van der Waals surface area contributed by atoms with Crippen LogP contribution in [0.3, 0.4) is 0 Å². The van der Waals surface area contributed by atoms with Crippen LogP contribution < -0.4 is 0 Å². The summed E-state index contributed by atoms with van der Waals surface area (Å²) in [4.78, 5) is 11.9. The van der Waals surface area contributed by atoms with Crippen molar-refractivity contribution in [3.05, 3.63) is 12.2 Å². The number of carbonyl (C=O) groups excluding carboxylic acids is 1. The highest BCUT2D eigenvalue weighted by Gasteiger charge is 2.52. The maximum absolute atomic E-state index is 11.9. The molecule has 3 aliphatic rings. The molecule has 1 nitrogen and oxygen atoms in total. The van der Waals surface area contributed by atoms with Crippen molar-refractivity contribution in [1.29, 1.82) is 0 Å². The van der Waals surface area contributed by atoms with Gasteiger partial charge in [0, 0.05) is 11.8 Å². The fourth-order valence-corrected chi connectivity index (χ4v) is 4.01. The molecule has 76 valence electrons. The molecule has 0 amide bonds. The second-order valence-corrected chi connectivity index (χ2v) is 5.15. The van der Waals surface area contributed by atoms with Crippen LogP contribution in [-0.4, -0.2) is 5.78 Å². The predicted octanol–water partition coefficient (Wildman–Crippen LogP) is 2.96. The van der Waals surface area contributed by atoms with Crippen LogP contribution in [0.15, 0.2) is 12.2 Å². The molecule has 0 N–H and O–H groups in total. The van der Waals surface area contributed by atoms with Crippen molar-refractivity contribution < 1.29 is 4.79 Å². The lowest BCUT2D eigenvalue weighted by atomic mass is 9.74. The molecule has 14 heavy (non-hydrogen) atoms. The molecule has 3 aliphatic carbocycles. The fraction of sp³-hybridized carbons (Fsp3) is 0.769. The molecular weight excluding hydrogens is 172 g/mol. The molecule has 2 saturated carbocycles. The SMILES string of the molecule is O=C1C2CCC1C1CC/C=C\CCC21. The first-order chi connectivity index (χ1) is 6.88. The van der Waals surface area contributed by atoms with Gasteiger partial charge in [0.2, 0.25) is 0 Å². The molecule has 0 radical (unpaired) electrons. The van der Waals surface area contributed by atoms with E-state index in [0.29, 0.717) is 17.6 Å². The number of fused-ring (bicyclic) bond motifs is 5. The van der Waals surface area contributed by atoms with E-state index in [-0.39, 0.29) is 0 Å². The second kappa shape index (κ2) is 3.22. The summed E-state index contributed by atoms with van der Waals surface area (Å²) >= 11 is 0. The van der Waals surface area contributed by atoms with Gasteiger partial charge in [0.05, 0.1) is 0 Å². The maximum atomic E-state index is 11.9. The molecule has 2 fully saturated rings. The molecule has 0 aromatic carbocycles. The van der Waals surface area contributed by atoms with E-state index in [1.807, 2.05) is 0 Å². The van der Waals surface area contributed by atoms with Gasteiger partial charge in [-0.3, -0.25) is 4.79 Å². The minimum absolute atomic E-state index is 0.469. The van der Waals surface area contributed by atoms with Crippen molar-refractivity contribution in [1.82, 2.24) is 0 Å². The first-order valence-electron chi connectivity index (χ1n) is 6.06. The minimum atomic E-state index is 0.469. The van der Waals surface area contributed by atoms with Gasteiger partial charge in [0.1, 0.15) is 5.78 Å². The molecule has 1 heteroatoms. The van der Waals surface area contributed by atoms with Crippen LogP contribution in [0.25, 0.3) is 0 Å². The zero-order chi connectivity index (χ0) is 9.54. The van der Waals surface area contributed by atoms with Gasteiger partial charge in [-0.25, -0.2) is 0 Å². The normalized spacial score (nSPS) is 48.4. The van der Waals surface area contributed by atoms with Crippen molar-refractivity contribution >= 4 is 5.78 Å². The highest BCUT2D eigenvalue weighted by Crippen LogP contribution is 2.53. The van der Waals surface area contributed by atoms with Gasteiger partial charge in [-0.1, -0.05) is 12.2 Å². The van der Waals surface area contributed by atoms with Crippen molar-refractivity contribution in [2.75, 3.05) is 0 Å². The first-order valence-corrected chi connectivity index (χ1v) is 6.06. The predicted molar refractivity (Wildman–Crippen MR) is 55.8 cm³/mol. The average molecular weight is 190 g/mol. The lowest BCUT2D eigenvalue weighted by Gasteiger charge is -2.30. The Bertz CT molecular complexity index is 253. The number of ketones is 1. The number of hydrogen-bond donors (Lipinski definition) is 0. The third kappa shape index (κ3) is 1.11. The van der Waals surface area contributed by atoms with Gasteiger partial charge in [-0.2, -0.15) is 0 Å². The van der Waals surface area contributed by atoms with Crippen molar-refractivity contribution in [2.45, 2.75) is 38.5 Å². The first kappa shape index (κ1) is 8.70. The number of carbonyl (C=O) groups is 1. The van der Waals surface area contributed by atoms with Gasteiger partial charge in [0.15, 0.2) is 0 Å². The van der Waals surface area contributed by atoms with E-state index in [9.17, 15) is 4.79 Å². The Hall–Kier alpha value is -0.590. The monoisotopic (exact) mass is 190 g/mol. The number of allylic oxidation sites excluding steroid dienone is 2. The molecule has 4 unspecified atom stereocenters. The Morgan fingerprint density at radius 2 is 1.36 bits per heavy atom. The summed E-state index contributed by atoms with van der Waals surface area (Å²) in [6.07, 6.45) is 12.0. The van der Waals surface area contributed by atoms with E-state index in [2.05, 4.69) is 12.2 Å². The molecule has 0 saturated heterocycles. The second-order valence-electron chi connectivity index (χ2n) is 5.15. The van der Waals surface area contributed by atoms with E-state index < -0.39 is 0 Å². The quantitative estimate of drug-likeness (QED) is 0.537. The van der Waals surface area contributed by atoms with Gasteiger partial charge in [0.25, 0.3) is 0 Å². The summed E-state index contributed by atoms with van der Waals surface area (Å²) in [5, 5.41) is 0. The number of rotatable bonds is 0. The van der Waals surface area contributed by atoms with Crippen molar-refractivity contribution in [2.24, 2.45) is 23.7 Å². The zero-order valence-corrected chi connectivity index (χ0v) is 8.61. The summed E-state index contributed by atoms with van der Waals surface area (Å²) in [5.41, 5.74) is 0. The summed E-state index contributed by atoms with van der Waals surface area (Å²) < 4.78 is 0. The van der Waals surface area contributed by atoms with Gasteiger partial charge < -0.3 is 0 Å². The van der Waals surface area contributed by atoms with Gasteiger partial charge >= 0.3 is 0 Å². The summed E-state index contributed by atoms with van der Waals surface area (Å²) in [7, 11) is 0. The summed E-state index contributed by atoms with van der Waals surface area (Å²) in [6, 6.07) is 0. The smallest absolute Gasteiger partial charge is 0.139 e. The van der Waals surface area contributed by atoms with Gasteiger partial charge in [-0.15, -0.1) is 0 Å². The maximum Gasteiger partial charge on any atom is 0.139 e. The van der Waals surface area contributed by atoms with Crippen LogP contribution >= 0.6 is 0 Å². The fourth-order valence-electron chi connectivity index (χ4n) is 4.01. The molecule has 4 atom stereocenters. The van der Waals surface area contributed by atoms with Crippen LogP contribution in [0.4, 0.5) is 0 Å². The van der Waals surface area contributed by atoms with Gasteiger partial charge in [-0.05, 0) is 50.4 Å². The molecule has 0 aliphatic heterocycles. The Labute approximate surface area is 85.6 Å². The largest absolute Gasteiger partial charge is 0.299 e. The third-order valence-electron chi connectivity index (χ3n) is 4.60. The molecule has 0 aromatic rings. The molecule has 3 rings (SSSR count). The highest BCUT2D eigenvalue weighted by molar-refractivity contribution is 5.88. The van der Waals surface area contributed by atoms with Crippen LogP contribution in [0.5, 0.6) is 0 Å². The Balaban J connectivity index is 1.86. The molecule has 0 spiro atoms. The van der Waals surface area contributed by atoms with E-state index in [1.165, 1.54) is 38.5 Å². The lowest BCUT2D eigenvalue weighted by molar-refractivity contribution is -0.122. The highest BCUT2D eigenvalue weighted by atomic mass is 16.1. The number of Topliss-reactive ketones (excluding diaryl/α,β-unsaturated/α-hetero) is 1. The lowest BCUT2D eigenvalue weighted by Crippen LogP contribution is -2.22. The van der Waals surface area contributed by atoms with E-state index in [0.717, 1.165) is 11.8 Å². The average Bonchev–Trinajstić information content (AvgIpc) is 2.59. The summed E-state index contributed by atoms with van der Waals surface area (Å²) in [5.74, 6) is 3.08. The number of hydrogen-bond acceptors (Lipinski definition) is 1. The van der Waals surface area contributed by atoms with Crippen LogP contribution in [0.1, 0.15) is 38.5 Å². The van der Waals surface area contributed by atoms with E-state index >= 15 is 0 Å².